The van der Waals surface area contributed by atoms with Crippen molar-refractivity contribution in [3.8, 4) is 0 Å². The Bertz CT molecular complexity index is 404. The smallest absolute Gasteiger partial charge is 0.542 e. The summed E-state index contributed by atoms with van der Waals surface area (Å²) in [6.45, 7) is 8.31. The van der Waals surface area contributed by atoms with Gasteiger partial charge in [-0.3, -0.25) is 11.1 Å². The van der Waals surface area contributed by atoms with Gasteiger partial charge in [0.25, 0.3) is 0 Å². The number of carbonyl (C=O) groups is 1. The zero-order valence-electron chi connectivity index (χ0n) is 16.9. The van der Waals surface area contributed by atoms with Crippen LogP contribution in [-0.4, -0.2) is 55.2 Å². The first-order valence-electron chi connectivity index (χ1n) is 9.97. The van der Waals surface area contributed by atoms with Gasteiger partial charge >= 0.3 is 51.4 Å². The van der Waals surface area contributed by atoms with Gasteiger partial charge in [0.1, 0.15) is 0 Å². The molecule has 0 aromatic heterocycles. The summed E-state index contributed by atoms with van der Waals surface area (Å²) < 4.78 is 0. The van der Waals surface area contributed by atoms with Gasteiger partial charge < -0.3 is 14.6 Å². The van der Waals surface area contributed by atoms with Crippen molar-refractivity contribution >= 4 is 12.2 Å². The van der Waals surface area contributed by atoms with E-state index in [1.807, 2.05) is 13.8 Å². The molecule has 2 aliphatic heterocycles. The third kappa shape index (κ3) is 6.39. The van der Waals surface area contributed by atoms with Gasteiger partial charge in [0.2, 0.25) is 5.91 Å². The van der Waals surface area contributed by atoms with Crippen LogP contribution in [0.25, 0.3) is 0 Å². The van der Waals surface area contributed by atoms with E-state index in [1.165, 1.54) is 38.8 Å². The summed E-state index contributed by atoms with van der Waals surface area (Å²) >= 11 is 0. The Morgan fingerprint density at radius 1 is 0.920 bits per heavy atom. The van der Waals surface area contributed by atoms with Crippen LogP contribution in [0.1, 0.15) is 65.2 Å². The molecule has 0 aromatic rings. The third-order valence-electron chi connectivity index (χ3n) is 6.43. The first-order valence-corrected chi connectivity index (χ1v) is 9.97. The molecule has 1 spiro atoms. The molecule has 1 saturated carbocycles. The molecule has 3 fully saturated rings. The minimum Gasteiger partial charge on any atom is -0.542 e. The zero-order chi connectivity index (χ0) is 17.6. The van der Waals surface area contributed by atoms with Gasteiger partial charge in [-0.15, -0.1) is 5.92 Å². The summed E-state index contributed by atoms with van der Waals surface area (Å²) in [7, 11) is 2.21. The molecule has 0 radical (unpaired) electrons. The van der Waals surface area contributed by atoms with E-state index in [0.717, 1.165) is 38.8 Å². The maximum absolute atomic E-state index is 12.7. The number of piperidine rings is 2. The second-order valence-corrected chi connectivity index (χ2v) is 7.79. The summed E-state index contributed by atoms with van der Waals surface area (Å²) in [5.41, 5.74) is 0.507. The summed E-state index contributed by atoms with van der Waals surface area (Å²) in [6.07, 6.45) is 10.5. The van der Waals surface area contributed by atoms with Crippen molar-refractivity contribution in [1.29, 1.82) is 0 Å². The fourth-order valence-corrected chi connectivity index (χ4v) is 4.51. The van der Waals surface area contributed by atoms with Crippen molar-refractivity contribution in [3.63, 3.8) is 0 Å². The predicted octanol–water partition coefficient (Wildman–Crippen LogP) is 0.267. The average Bonchev–Trinajstić information content (AvgIpc) is 2.66. The molecule has 25 heavy (non-hydrogen) atoms. The molecular weight excluding hydrogens is 339 g/mol. The van der Waals surface area contributed by atoms with E-state index in [1.54, 1.807) is 0 Å². The Morgan fingerprint density at radius 2 is 1.40 bits per heavy atom. The molecule has 0 N–H and O–H groups in total. The van der Waals surface area contributed by atoms with Crippen LogP contribution in [0, 0.1) is 17.3 Å². The summed E-state index contributed by atoms with van der Waals surface area (Å²) in [4.78, 5) is 27.9. The molecule has 0 atom stereocenters. The van der Waals surface area contributed by atoms with Crippen LogP contribution in [0.15, 0.2) is 0 Å². The number of likely N-dealkylation sites (tertiary alicyclic amines) is 2. The van der Waals surface area contributed by atoms with E-state index in [2.05, 4.69) is 23.1 Å². The summed E-state index contributed by atoms with van der Waals surface area (Å²) in [5.74, 6) is 0.594. The number of carbonyl (C=O) groups excluding carboxylic acids is 2. The van der Waals surface area contributed by atoms with Crippen molar-refractivity contribution in [2.45, 2.75) is 65.2 Å². The molecule has 2 heterocycles. The Morgan fingerprint density at radius 3 is 1.88 bits per heavy atom. The molecule has 4 nitrogen and oxygen atoms in total. The van der Waals surface area contributed by atoms with Gasteiger partial charge in [-0.2, -0.15) is 0 Å². The summed E-state index contributed by atoms with van der Waals surface area (Å²) in [6, 6.07) is 0. The Labute approximate surface area is 196 Å². The maximum atomic E-state index is 12.7. The molecular formula is C20H35KN2O2. The van der Waals surface area contributed by atoms with E-state index in [0.29, 0.717) is 11.3 Å². The van der Waals surface area contributed by atoms with Gasteiger partial charge in [0.15, 0.2) is 0 Å². The molecule has 1 amide bonds. The zero-order valence-corrected chi connectivity index (χ0v) is 20.0. The first-order chi connectivity index (χ1) is 11.6. The molecule has 0 aromatic carbocycles. The minimum absolute atomic E-state index is 0. The van der Waals surface area contributed by atoms with Crippen LogP contribution in [0.4, 0.5) is 0 Å². The van der Waals surface area contributed by atoms with Crippen LogP contribution in [-0.2, 0) is 9.59 Å². The quantitative estimate of drug-likeness (QED) is 0.515. The minimum atomic E-state index is 0. The van der Waals surface area contributed by atoms with Gasteiger partial charge in [-0.05, 0) is 64.1 Å². The van der Waals surface area contributed by atoms with Crippen LogP contribution in [0.3, 0.4) is 0 Å². The molecule has 0 unspecified atom stereocenters. The van der Waals surface area contributed by atoms with Crippen molar-refractivity contribution in [2.75, 3.05) is 33.2 Å². The molecule has 5 heteroatoms. The Hall–Kier alpha value is 0.736. The molecule has 3 aliphatic rings. The SMILES string of the molecule is CC.CN1CCC2(CC1)CCN(C(=O)C1CCC([C-]=O)CC1)CC2.[K+]. The van der Waals surface area contributed by atoms with E-state index < -0.39 is 0 Å². The molecule has 3 rings (SSSR count). The monoisotopic (exact) mass is 374 g/mol. The van der Waals surface area contributed by atoms with Gasteiger partial charge in [-0.1, -0.05) is 26.7 Å². The number of nitrogens with zero attached hydrogens (tertiary/aromatic N) is 2. The van der Waals surface area contributed by atoms with Gasteiger partial charge in [0.05, 0.1) is 0 Å². The van der Waals surface area contributed by atoms with E-state index >= 15 is 0 Å². The van der Waals surface area contributed by atoms with Gasteiger partial charge in [0, 0.05) is 19.0 Å². The van der Waals surface area contributed by atoms with Crippen molar-refractivity contribution in [2.24, 2.45) is 17.3 Å². The third-order valence-corrected chi connectivity index (χ3v) is 6.43. The molecule has 0 bridgehead atoms. The van der Waals surface area contributed by atoms with Crippen LogP contribution < -0.4 is 51.4 Å². The number of rotatable bonds is 2. The molecule has 2 saturated heterocycles. The topological polar surface area (TPSA) is 40.6 Å². The Balaban J connectivity index is 0.00000101. The number of hydrogen-bond acceptors (Lipinski definition) is 3. The van der Waals surface area contributed by atoms with Crippen LogP contribution >= 0.6 is 0 Å². The molecule has 1 aliphatic carbocycles. The second kappa shape index (κ2) is 11.6. The van der Waals surface area contributed by atoms with E-state index in [9.17, 15) is 9.59 Å². The van der Waals surface area contributed by atoms with E-state index in [4.69, 9.17) is 0 Å². The largest absolute Gasteiger partial charge is 1.00 e. The second-order valence-electron chi connectivity index (χ2n) is 7.79. The van der Waals surface area contributed by atoms with Crippen molar-refractivity contribution in [3.05, 3.63) is 0 Å². The number of amides is 1. The Kier molecular flexibility index (Phi) is 11.0. The number of hydrogen-bond donors (Lipinski definition) is 0. The predicted molar refractivity (Wildman–Crippen MR) is 97.5 cm³/mol. The first kappa shape index (κ1) is 23.8. The van der Waals surface area contributed by atoms with Crippen LogP contribution in [0.2, 0.25) is 0 Å². The van der Waals surface area contributed by atoms with Crippen molar-refractivity contribution < 1.29 is 61.0 Å². The van der Waals surface area contributed by atoms with Gasteiger partial charge in [-0.25, -0.2) is 0 Å². The normalized spacial score (nSPS) is 29.2. The summed E-state index contributed by atoms with van der Waals surface area (Å²) in [5, 5.41) is 0. The maximum Gasteiger partial charge on any atom is 1.00 e. The van der Waals surface area contributed by atoms with E-state index in [-0.39, 0.29) is 63.2 Å². The molecule has 138 valence electrons. The van der Waals surface area contributed by atoms with Crippen molar-refractivity contribution in [1.82, 2.24) is 9.80 Å². The fraction of sp³-hybridized carbons (Fsp3) is 0.900. The fourth-order valence-electron chi connectivity index (χ4n) is 4.51. The van der Waals surface area contributed by atoms with Crippen LogP contribution in [0.5, 0.6) is 0 Å². The standard InChI is InChI=1S/C18H29N2O2.C2H6.K/c1-19-10-6-18(7-11-19)8-12-20(13-9-18)17(22)16-4-2-15(14-21)3-5-16;1-2;/h15-16H,2-13H2,1H3;1-2H3;/q-1;;+1. The average molecular weight is 375 g/mol.